The molecule has 0 saturated heterocycles. The molecule has 0 radical (unpaired) electrons. The highest BCUT2D eigenvalue weighted by atomic mass is 32.2. The van der Waals surface area contributed by atoms with Gasteiger partial charge in [-0.3, -0.25) is 4.21 Å². The van der Waals surface area contributed by atoms with Crippen LogP contribution in [0, 0.1) is 0 Å². The number of hydrogen-bond acceptors (Lipinski definition) is 5. The molecule has 0 aliphatic carbocycles. The van der Waals surface area contributed by atoms with Gasteiger partial charge < -0.3 is 5.73 Å². The van der Waals surface area contributed by atoms with Crippen LogP contribution < -0.4 is 10.5 Å². The molecule has 0 amide bonds. The standard InChI is InChI=1S/C8H14N2O3S3/c1-6(15(2)11)4-10-16(12,13)8-3-7(9)5-14-8/h3,5-6,10H,4,9H2,1-2H3. The van der Waals surface area contributed by atoms with Crippen molar-refractivity contribution in [1.29, 1.82) is 0 Å². The fourth-order valence-electron chi connectivity index (χ4n) is 0.887. The van der Waals surface area contributed by atoms with E-state index in [0.29, 0.717) is 5.69 Å². The van der Waals surface area contributed by atoms with Crippen molar-refractivity contribution in [2.75, 3.05) is 18.5 Å². The van der Waals surface area contributed by atoms with E-state index in [1.807, 2.05) is 0 Å². The third kappa shape index (κ3) is 3.55. The summed E-state index contributed by atoms with van der Waals surface area (Å²) in [6, 6.07) is 1.40. The minimum atomic E-state index is -3.51. The van der Waals surface area contributed by atoms with Gasteiger partial charge in [0.15, 0.2) is 0 Å². The lowest BCUT2D eigenvalue weighted by Gasteiger charge is -2.09. The summed E-state index contributed by atoms with van der Waals surface area (Å²) in [4.78, 5) is 0. The second kappa shape index (κ2) is 5.26. The van der Waals surface area contributed by atoms with Gasteiger partial charge in [-0.1, -0.05) is 0 Å². The Hall–Kier alpha value is -0.440. The van der Waals surface area contributed by atoms with Crippen molar-refractivity contribution in [1.82, 2.24) is 4.72 Å². The molecule has 2 atom stereocenters. The van der Waals surface area contributed by atoms with Crippen LogP contribution >= 0.6 is 11.3 Å². The highest BCUT2D eigenvalue weighted by molar-refractivity contribution is 7.91. The fraction of sp³-hybridized carbons (Fsp3) is 0.500. The monoisotopic (exact) mass is 282 g/mol. The van der Waals surface area contributed by atoms with Gasteiger partial charge >= 0.3 is 0 Å². The van der Waals surface area contributed by atoms with E-state index < -0.39 is 20.8 Å². The van der Waals surface area contributed by atoms with Crippen molar-refractivity contribution in [3.05, 3.63) is 11.4 Å². The second-order valence-corrected chi connectivity index (χ2v) is 8.07. The van der Waals surface area contributed by atoms with Gasteiger partial charge in [-0.05, 0) is 13.0 Å². The van der Waals surface area contributed by atoms with Gasteiger partial charge in [-0.25, -0.2) is 13.1 Å². The van der Waals surface area contributed by atoms with Gasteiger partial charge in [0, 0.05) is 39.9 Å². The Morgan fingerprint density at radius 2 is 2.25 bits per heavy atom. The third-order valence-electron chi connectivity index (χ3n) is 1.99. The first-order valence-corrected chi connectivity index (χ1v) is 8.47. The number of sulfonamides is 1. The summed E-state index contributed by atoms with van der Waals surface area (Å²) in [6.45, 7) is 1.88. The maximum absolute atomic E-state index is 11.7. The minimum absolute atomic E-state index is 0.156. The molecular formula is C8H14N2O3S3. The lowest BCUT2D eigenvalue weighted by atomic mass is 10.5. The maximum Gasteiger partial charge on any atom is 0.250 e. The van der Waals surface area contributed by atoms with Crippen LogP contribution in [0.1, 0.15) is 6.92 Å². The van der Waals surface area contributed by atoms with E-state index in [9.17, 15) is 12.6 Å². The molecule has 0 aliphatic heterocycles. The van der Waals surface area contributed by atoms with Crippen LogP contribution in [0.15, 0.2) is 15.7 Å². The maximum atomic E-state index is 11.7. The molecule has 1 aromatic rings. The van der Waals surface area contributed by atoms with Crippen molar-refractivity contribution < 1.29 is 12.6 Å². The van der Waals surface area contributed by atoms with Crippen LogP contribution in [0.5, 0.6) is 0 Å². The van der Waals surface area contributed by atoms with Gasteiger partial charge in [0.2, 0.25) is 10.0 Å². The van der Waals surface area contributed by atoms with Crippen LogP contribution in [-0.2, 0) is 20.8 Å². The summed E-state index contributed by atoms with van der Waals surface area (Å²) < 4.78 is 37.1. The zero-order valence-electron chi connectivity index (χ0n) is 8.97. The normalized spacial score (nSPS) is 15.9. The molecule has 92 valence electrons. The Labute approximate surface area is 102 Å². The molecule has 16 heavy (non-hydrogen) atoms. The van der Waals surface area contributed by atoms with E-state index in [-0.39, 0.29) is 16.0 Å². The summed E-state index contributed by atoms with van der Waals surface area (Å²) >= 11 is 1.07. The van der Waals surface area contributed by atoms with Gasteiger partial charge in [0.1, 0.15) is 4.21 Å². The molecule has 0 aromatic carbocycles. The summed E-state index contributed by atoms with van der Waals surface area (Å²) in [5, 5.41) is 1.35. The molecule has 1 rings (SSSR count). The molecule has 0 aliphatic rings. The number of anilines is 1. The second-order valence-electron chi connectivity index (χ2n) is 3.36. The summed E-state index contributed by atoms with van der Waals surface area (Å²) in [5.41, 5.74) is 5.88. The van der Waals surface area contributed by atoms with Gasteiger partial charge in [0.05, 0.1) is 0 Å². The number of thiophene rings is 1. The minimum Gasteiger partial charge on any atom is -0.398 e. The lowest BCUT2D eigenvalue weighted by molar-refractivity contribution is 0.583. The Morgan fingerprint density at radius 1 is 1.62 bits per heavy atom. The third-order valence-corrected chi connectivity index (χ3v) is 6.17. The van der Waals surface area contributed by atoms with E-state index in [0.717, 1.165) is 11.3 Å². The Bertz CT molecular complexity index is 480. The molecular weight excluding hydrogens is 268 g/mol. The molecule has 0 bridgehead atoms. The molecule has 2 unspecified atom stereocenters. The number of nitrogens with one attached hydrogen (secondary N) is 1. The molecule has 1 aromatic heterocycles. The van der Waals surface area contributed by atoms with Crippen molar-refractivity contribution in [3.8, 4) is 0 Å². The van der Waals surface area contributed by atoms with Gasteiger partial charge in [-0.2, -0.15) is 0 Å². The van der Waals surface area contributed by atoms with E-state index in [1.54, 1.807) is 18.6 Å². The number of rotatable bonds is 5. The summed E-state index contributed by atoms with van der Waals surface area (Å²) in [7, 11) is -4.56. The molecule has 1 heterocycles. The number of nitrogens with two attached hydrogens (primary N) is 1. The van der Waals surface area contributed by atoms with Crippen LogP contribution in [0.4, 0.5) is 5.69 Å². The van der Waals surface area contributed by atoms with Crippen LogP contribution in [0.25, 0.3) is 0 Å². The van der Waals surface area contributed by atoms with Gasteiger partial charge in [-0.15, -0.1) is 11.3 Å². The van der Waals surface area contributed by atoms with E-state index in [1.165, 1.54) is 6.07 Å². The predicted molar refractivity (Wildman–Crippen MR) is 67.4 cm³/mol. The fourth-order valence-corrected chi connectivity index (χ4v) is 3.57. The Morgan fingerprint density at radius 3 is 2.69 bits per heavy atom. The zero-order valence-corrected chi connectivity index (χ0v) is 11.4. The first-order chi connectivity index (χ1) is 7.33. The number of nitrogen functional groups attached to an aromatic ring is 1. The molecule has 8 heteroatoms. The summed E-state index contributed by atoms with van der Waals surface area (Å²) in [5.74, 6) is 0. The van der Waals surface area contributed by atoms with Crippen LogP contribution in [0.3, 0.4) is 0 Å². The number of hydrogen-bond donors (Lipinski definition) is 2. The molecule has 3 N–H and O–H groups in total. The molecule has 0 fully saturated rings. The van der Waals surface area contributed by atoms with Crippen molar-refractivity contribution in [2.45, 2.75) is 16.4 Å². The molecule has 5 nitrogen and oxygen atoms in total. The lowest BCUT2D eigenvalue weighted by Crippen LogP contribution is -2.32. The van der Waals surface area contributed by atoms with Crippen LogP contribution in [-0.4, -0.2) is 30.7 Å². The molecule has 0 spiro atoms. The zero-order chi connectivity index (χ0) is 12.3. The van der Waals surface area contributed by atoms with E-state index in [4.69, 9.17) is 5.73 Å². The largest absolute Gasteiger partial charge is 0.398 e. The SMILES string of the molecule is CC(CNS(=O)(=O)c1cc(N)cs1)S(C)=O. The first-order valence-electron chi connectivity index (χ1n) is 4.49. The summed E-state index contributed by atoms with van der Waals surface area (Å²) in [6.07, 6.45) is 1.54. The average molecular weight is 282 g/mol. The van der Waals surface area contributed by atoms with Crippen LogP contribution in [0.2, 0.25) is 0 Å². The van der Waals surface area contributed by atoms with Crippen molar-refractivity contribution >= 4 is 37.8 Å². The van der Waals surface area contributed by atoms with Crippen molar-refractivity contribution in [3.63, 3.8) is 0 Å². The smallest absolute Gasteiger partial charge is 0.250 e. The van der Waals surface area contributed by atoms with E-state index in [2.05, 4.69) is 4.72 Å². The Kier molecular flexibility index (Phi) is 4.48. The first kappa shape index (κ1) is 13.6. The predicted octanol–water partition coefficient (Wildman–Crippen LogP) is 0.376. The quantitative estimate of drug-likeness (QED) is 0.817. The highest BCUT2D eigenvalue weighted by Crippen LogP contribution is 2.21. The van der Waals surface area contributed by atoms with Crippen molar-refractivity contribution in [2.24, 2.45) is 0 Å². The van der Waals surface area contributed by atoms with E-state index >= 15 is 0 Å². The average Bonchev–Trinajstić information content (AvgIpc) is 2.61. The Balaban J connectivity index is 2.70. The van der Waals surface area contributed by atoms with Gasteiger partial charge in [0.25, 0.3) is 0 Å². The topological polar surface area (TPSA) is 89.3 Å². The highest BCUT2D eigenvalue weighted by Gasteiger charge is 2.18. The molecule has 0 saturated carbocycles.